The molecule has 2 aromatic rings. The van der Waals surface area contributed by atoms with Crippen LogP contribution in [0.4, 0.5) is 0 Å². The van der Waals surface area contributed by atoms with Crippen LogP contribution in [0.5, 0.6) is 0 Å². The first kappa shape index (κ1) is 8.26. The van der Waals surface area contributed by atoms with E-state index in [1.807, 2.05) is 6.07 Å². The van der Waals surface area contributed by atoms with E-state index in [2.05, 4.69) is 5.10 Å². The summed E-state index contributed by atoms with van der Waals surface area (Å²) in [6, 6.07) is 3.53. The zero-order valence-electron chi connectivity index (χ0n) is 6.99. The Labute approximate surface area is 79.9 Å². The van der Waals surface area contributed by atoms with Gasteiger partial charge in [-0.1, -0.05) is 17.7 Å². The molecule has 3 nitrogen and oxygen atoms in total. The molecule has 0 aliphatic rings. The van der Waals surface area contributed by atoms with E-state index >= 15 is 0 Å². The predicted octanol–water partition coefficient (Wildman–Crippen LogP) is 2.04. The Morgan fingerprint density at radius 3 is 3.00 bits per heavy atom. The molecule has 0 saturated heterocycles. The third kappa shape index (κ3) is 1.12. The highest BCUT2D eigenvalue weighted by atomic mass is 35.5. The molecular formula is C9H7ClN2O. The number of rotatable bonds is 1. The maximum Gasteiger partial charge on any atom is 0.151 e. The van der Waals surface area contributed by atoms with Gasteiger partial charge in [-0.3, -0.25) is 9.48 Å². The summed E-state index contributed by atoms with van der Waals surface area (Å²) < 4.78 is 1.66. The Bertz CT molecular complexity index is 476. The highest BCUT2D eigenvalue weighted by Crippen LogP contribution is 2.25. The Hall–Kier alpha value is -1.35. The van der Waals surface area contributed by atoms with Crippen molar-refractivity contribution >= 4 is 28.8 Å². The van der Waals surface area contributed by atoms with Crippen LogP contribution in [-0.4, -0.2) is 16.1 Å². The van der Waals surface area contributed by atoms with E-state index in [0.717, 1.165) is 17.2 Å². The minimum Gasteiger partial charge on any atom is -0.298 e. The molecule has 0 bridgehead atoms. The maximum atomic E-state index is 10.6. The van der Waals surface area contributed by atoms with Crippen LogP contribution in [0.1, 0.15) is 10.4 Å². The third-order valence-electron chi connectivity index (χ3n) is 2.00. The normalized spacial score (nSPS) is 10.6. The lowest BCUT2D eigenvalue weighted by molar-refractivity contribution is 0.112. The van der Waals surface area contributed by atoms with Crippen LogP contribution in [0.3, 0.4) is 0 Å². The Morgan fingerprint density at radius 2 is 2.31 bits per heavy atom. The number of benzene rings is 1. The number of carbonyl (C=O) groups is 1. The summed E-state index contributed by atoms with van der Waals surface area (Å²) >= 11 is 6.00. The lowest BCUT2D eigenvalue weighted by Crippen LogP contribution is -1.91. The Balaban J connectivity index is 2.91. The van der Waals surface area contributed by atoms with Crippen molar-refractivity contribution < 1.29 is 4.79 Å². The van der Waals surface area contributed by atoms with Gasteiger partial charge in [0, 0.05) is 18.0 Å². The zero-order chi connectivity index (χ0) is 9.42. The van der Waals surface area contributed by atoms with Gasteiger partial charge in [-0.05, 0) is 6.07 Å². The molecule has 0 aliphatic heterocycles. The fourth-order valence-corrected chi connectivity index (χ4v) is 1.66. The molecular weight excluding hydrogens is 188 g/mol. The summed E-state index contributed by atoms with van der Waals surface area (Å²) in [6.07, 6.45) is 2.46. The second-order valence-electron chi connectivity index (χ2n) is 2.79. The number of carbonyl (C=O) groups excluding carboxylic acids is 1. The molecule has 0 radical (unpaired) electrons. The molecule has 0 fully saturated rings. The average Bonchev–Trinajstić information content (AvgIpc) is 2.49. The van der Waals surface area contributed by atoms with Crippen LogP contribution in [0.15, 0.2) is 18.3 Å². The van der Waals surface area contributed by atoms with Gasteiger partial charge < -0.3 is 0 Å². The molecule has 0 N–H and O–H groups in total. The van der Waals surface area contributed by atoms with Crippen molar-refractivity contribution in [2.24, 2.45) is 7.05 Å². The van der Waals surface area contributed by atoms with Gasteiger partial charge in [0.25, 0.3) is 0 Å². The molecule has 0 saturated carbocycles. The molecule has 66 valence electrons. The minimum absolute atomic E-state index is 0.465. The highest BCUT2D eigenvalue weighted by Gasteiger charge is 2.07. The average molecular weight is 195 g/mol. The number of aldehydes is 1. The summed E-state index contributed by atoms with van der Waals surface area (Å²) in [6.45, 7) is 0. The summed E-state index contributed by atoms with van der Waals surface area (Å²) in [5.41, 5.74) is 1.30. The Morgan fingerprint density at radius 1 is 1.54 bits per heavy atom. The summed E-state index contributed by atoms with van der Waals surface area (Å²) in [7, 11) is 1.79. The van der Waals surface area contributed by atoms with Crippen LogP contribution < -0.4 is 0 Å². The van der Waals surface area contributed by atoms with Gasteiger partial charge in [-0.25, -0.2) is 0 Å². The number of nitrogens with zero attached hydrogens (tertiary/aromatic N) is 2. The Kier molecular flexibility index (Phi) is 1.81. The standard InChI is InChI=1S/C9H7ClN2O/c1-12-9-6(4-11-12)2-3-7(5-13)8(9)10/h2-5H,1H3. The van der Waals surface area contributed by atoms with Crippen molar-refractivity contribution in [3.63, 3.8) is 0 Å². The first-order valence-corrected chi connectivity index (χ1v) is 4.17. The van der Waals surface area contributed by atoms with Gasteiger partial charge in [0.1, 0.15) is 0 Å². The van der Waals surface area contributed by atoms with E-state index in [1.54, 1.807) is 24.0 Å². The topological polar surface area (TPSA) is 34.9 Å². The predicted molar refractivity (Wildman–Crippen MR) is 51.1 cm³/mol. The van der Waals surface area contributed by atoms with Gasteiger partial charge in [0.2, 0.25) is 0 Å². The van der Waals surface area contributed by atoms with E-state index in [9.17, 15) is 4.79 Å². The van der Waals surface area contributed by atoms with Crippen molar-refractivity contribution in [2.45, 2.75) is 0 Å². The van der Waals surface area contributed by atoms with Gasteiger partial charge in [0.05, 0.1) is 16.7 Å². The van der Waals surface area contributed by atoms with E-state index in [1.165, 1.54) is 0 Å². The molecule has 0 unspecified atom stereocenters. The maximum absolute atomic E-state index is 10.6. The van der Waals surface area contributed by atoms with Crippen molar-refractivity contribution in [1.82, 2.24) is 9.78 Å². The molecule has 0 atom stereocenters. The van der Waals surface area contributed by atoms with Crippen LogP contribution in [-0.2, 0) is 7.05 Å². The van der Waals surface area contributed by atoms with Crippen LogP contribution in [0.2, 0.25) is 5.02 Å². The van der Waals surface area contributed by atoms with E-state index in [4.69, 9.17) is 11.6 Å². The number of fused-ring (bicyclic) bond motifs is 1. The van der Waals surface area contributed by atoms with E-state index in [-0.39, 0.29) is 0 Å². The number of halogens is 1. The molecule has 1 aromatic heterocycles. The zero-order valence-corrected chi connectivity index (χ0v) is 7.75. The first-order chi connectivity index (χ1) is 6.24. The van der Waals surface area contributed by atoms with E-state index in [0.29, 0.717) is 10.6 Å². The van der Waals surface area contributed by atoms with Gasteiger partial charge >= 0.3 is 0 Å². The first-order valence-electron chi connectivity index (χ1n) is 3.79. The monoisotopic (exact) mass is 194 g/mol. The second-order valence-corrected chi connectivity index (χ2v) is 3.17. The fraction of sp³-hybridized carbons (Fsp3) is 0.111. The number of hydrogen-bond acceptors (Lipinski definition) is 2. The van der Waals surface area contributed by atoms with Crippen molar-refractivity contribution in [3.8, 4) is 0 Å². The van der Waals surface area contributed by atoms with Crippen LogP contribution in [0.25, 0.3) is 10.9 Å². The lowest BCUT2D eigenvalue weighted by Gasteiger charge is -1.99. The smallest absolute Gasteiger partial charge is 0.151 e. The molecule has 0 spiro atoms. The molecule has 1 aromatic carbocycles. The number of hydrogen-bond donors (Lipinski definition) is 0. The molecule has 0 aliphatic carbocycles. The largest absolute Gasteiger partial charge is 0.298 e. The van der Waals surface area contributed by atoms with Crippen molar-refractivity contribution in [1.29, 1.82) is 0 Å². The van der Waals surface area contributed by atoms with Gasteiger partial charge in [-0.2, -0.15) is 5.10 Å². The second kappa shape index (κ2) is 2.85. The van der Waals surface area contributed by atoms with Crippen LogP contribution >= 0.6 is 11.6 Å². The number of aromatic nitrogens is 2. The van der Waals surface area contributed by atoms with Gasteiger partial charge in [0.15, 0.2) is 6.29 Å². The van der Waals surface area contributed by atoms with Gasteiger partial charge in [-0.15, -0.1) is 0 Å². The summed E-state index contributed by atoms with van der Waals surface area (Å²) in [5, 5.41) is 5.46. The molecule has 2 rings (SSSR count). The SMILES string of the molecule is Cn1ncc2ccc(C=O)c(Cl)c21. The lowest BCUT2D eigenvalue weighted by atomic mass is 10.2. The summed E-state index contributed by atoms with van der Waals surface area (Å²) in [4.78, 5) is 10.6. The molecule has 4 heteroatoms. The third-order valence-corrected chi connectivity index (χ3v) is 2.40. The number of aryl methyl sites for hydroxylation is 1. The fourth-order valence-electron chi connectivity index (χ4n) is 1.33. The summed E-state index contributed by atoms with van der Waals surface area (Å²) in [5.74, 6) is 0. The minimum atomic E-state index is 0.465. The van der Waals surface area contributed by atoms with Crippen molar-refractivity contribution in [2.75, 3.05) is 0 Å². The molecule has 13 heavy (non-hydrogen) atoms. The van der Waals surface area contributed by atoms with Crippen LogP contribution in [0, 0.1) is 0 Å². The highest BCUT2D eigenvalue weighted by molar-refractivity contribution is 6.37. The van der Waals surface area contributed by atoms with Crippen molar-refractivity contribution in [3.05, 3.63) is 28.9 Å². The molecule has 1 heterocycles. The molecule has 0 amide bonds. The van der Waals surface area contributed by atoms with E-state index < -0.39 is 0 Å². The quantitative estimate of drug-likeness (QED) is 0.652.